The molecule has 0 bridgehead atoms. The van der Waals surface area contributed by atoms with Crippen LogP contribution < -0.4 is 5.73 Å². The SMILES string of the molecule is N=C(N)c1cccc(C(=O)c2ccccc2)c1. The maximum absolute atomic E-state index is 12.1. The molecule has 2 aromatic rings. The fourth-order valence-electron chi connectivity index (χ4n) is 1.58. The van der Waals surface area contributed by atoms with Crippen LogP contribution in [-0.2, 0) is 0 Å². The van der Waals surface area contributed by atoms with Crippen molar-refractivity contribution < 1.29 is 4.79 Å². The van der Waals surface area contributed by atoms with E-state index in [-0.39, 0.29) is 11.6 Å². The Morgan fingerprint density at radius 3 is 2.12 bits per heavy atom. The molecule has 17 heavy (non-hydrogen) atoms. The molecule has 3 heteroatoms. The van der Waals surface area contributed by atoms with Crippen LogP contribution in [0, 0.1) is 5.41 Å². The smallest absolute Gasteiger partial charge is 0.193 e. The largest absolute Gasteiger partial charge is 0.384 e. The molecule has 3 nitrogen and oxygen atoms in total. The lowest BCUT2D eigenvalue weighted by Crippen LogP contribution is -2.12. The van der Waals surface area contributed by atoms with Crippen LogP contribution in [0.25, 0.3) is 0 Å². The number of nitrogens with two attached hydrogens (primary N) is 1. The first kappa shape index (κ1) is 11.1. The molecule has 0 radical (unpaired) electrons. The van der Waals surface area contributed by atoms with Gasteiger partial charge in [0.1, 0.15) is 5.84 Å². The highest BCUT2D eigenvalue weighted by atomic mass is 16.1. The van der Waals surface area contributed by atoms with E-state index in [1.165, 1.54) is 0 Å². The second-order valence-electron chi connectivity index (χ2n) is 3.69. The Morgan fingerprint density at radius 2 is 1.47 bits per heavy atom. The molecule has 0 aliphatic carbocycles. The van der Waals surface area contributed by atoms with Crippen molar-refractivity contribution in [1.29, 1.82) is 5.41 Å². The first-order valence-electron chi connectivity index (χ1n) is 5.22. The fraction of sp³-hybridized carbons (Fsp3) is 0. The highest BCUT2D eigenvalue weighted by molar-refractivity contribution is 6.10. The molecule has 3 N–H and O–H groups in total. The molecule has 0 aliphatic rings. The van der Waals surface area contributed by atoms with Gasteiger partial charge in [-0.3, -0.25) is 10.2 Å². The Hall–Kier alpha value is -2.42. The number of carbonyl (C=O) groups is 1. The van der Waals surface area contributed by atoms with Gasteiger partial charge >= 0.3 is 0 Å². The zero-order valence-corrected chi connectivity index (χ0v) is 9.18. The zero-order chi connectivity index (χ0) is 12.3. The lowest BCUT2D eigenvalue weighted by molar-refractivity contribution is 0.103. The molecule has 0 atom stereocenters. The van der Waals surface area contributed by atoms with E-state index in [4.69, 9.17) is 11.1 Å². The molecule has 0 aliphatic heterocycles. The van der Waals surface area contributed by atoms with E-state index in [0.29, 0.717) is 16.7 Å². The van der Waals surface area contributed by atoms with Gasteiger partial charge in [0.05, 0.1) is 0 Å². The van der Waals surface area contributed by atoms with Crippen LogP contribution >= 0.6 is 0 Å². The fourth-order valence-corrected chi connectivity index (χ4v) is 1.58. The summed E-state index contributed by atoms with van der Waals surface area (Å²) in [6, 6.07) is 15.8. The Balaban J connectivity index is 2.38. The van der Waals surface area contributed by atoms with E-state index >= 15 is 0 Å². The third-order valence-electron chi connectivity index (χ3n) is 2.47. The van der Waals surface area contributed by atoms with Crippen LogP contribution in [-0.4, -0.2) is 11.6 Å². The minimum Gasteiger partial charge on any atom is -0.384 e. The van der Waals surface area contributed by atoms with Gasteiger partial charge in [-0.15, -0.1) is 0 Å². The van der Waals surface area contributed by atoms with E-state index in [1.807, 2.05) is 18.2 Å². The van der Waals surface area contributed by atoms with Gasteiger partial charge in [-0.2, -0.15) is 0 Å². The topological polar surface area (TPSA) is 66.9 Å². The number of ketones is 1. The summed E-state index contributed by atoms with van der Waals surface area (Å²) in [5.74, 6) is -0.0959. The van der Waals surface area contributed by atoms with Gasteiger partial charge in [-0.1, -0.05) is 48.5 Å². The third kappa shape index (κ3) is 2.39. The maximum Gasteiger partial charge on any atom is 0.193 e. The van der Waals surface area contributed by atoms with Gasteiger partial charge in [0.25, 0.3) is 0 Å². The Kier molecular flexibility index (Phi) is 3.01. The summed E-state index contributed by atoms with van der Waals surface area (Å²) in [6.07, 6.45) is 0. The first-order valence-corrected chi connectivity index (χ1v) is 5.22. The molecule has 2 rings (SSSR count). The molecule has 0 heterocycles. The summed E-state index contributed by atoms with van der Waals surface area (Å²) in [5.41, 5.74) is 7.13. The lowest BCUT2D eigenvalue weighted by atomic mass is 10.0. The normalized spacial score (nSPS) is 9.88. The molecular formula is C14H12N2O. The molecule has 0 aromatic heterocycles. The van der Waals surface area contributed by atoms with Gasteiger partial charge in [-0.05, 0) is 6.07 Å². The van der Waals surface area contributed by atoms with E-state index in [9.17, 15) is 4.79 Å². The van der Waals surface area contributed by atoms with Crippen molar-refractivity contribution in [3.8, 4) is 0 Å². The van der Waals surface area contributed by atoms with Crippen molar-refractivity contribution in [2.45, 2.75) is 0 Å². The molecule has 0 saturated carbocycles. The van der Waals surface area contributed by atoms with Crippen molar-refractivity contribution in [2.75, 3.05) is 0 Å². The molecule has 0 fully saturated rings. The van der Waals surface area contributed by atoms with Crippen LogP contribution in [0.4, 0.5) is 0 Å². The Bertz CT molecular complexity index is 561. The van der Waals surface area contributed by atoms with Crippen LogP contribution in [0.15, 0.2) is 54.6 Å². The quantitative estimate of drug-likeness (QED) is 0.477. The van der Waals surface area contributed by atoms with Gasteiger partial charge < -0.3 is 5.73 Å². The average Bonchev–Trinajstić information content (AvgIpc) is 2.39. The van der Waals surface area contributed by atoms with E-state index in [2.05, 4.69) is 0 Å². The van der Waals surface area contributed by atoms with Crippen LogP contribution in [0.2, 0.25) is 0 Å². The number of rotatable bonds is 3. The number of hydrogen-bond donors (Lipinski definition) is 2. The average molecular weight is 224 g/mol. The van der Waals surface area contributed by atoms with Gasteiger partial charge in [0.15, 0.2) is 5.78 Å². The van der Waals surface area contributed by atoms with Crippen molar-refractivity contribution in [1.82, 2.24) is 0 Å². The number of hydrogen-bond acceptors (Lipinski definition) is 2. The second kappa shape index (κ2) is 4.61. The van der Waals surface area contributed by atoms with Gasteiger partial charge in [-0.25, -0.2) is 0 Å². The number of nitrogen functional groups attached to an aromatic ring is 1. The predicted molar refractivity (Wildman–Crippen MR) is 67.3 cm³/mol. The summed E-state index contributed by atoms with van der Waals surface area (Å²) in [7, 11) is 0. The molecule has 2 aromatic carbocycles. The standard InChI is InChI=1S/C14H12N2O/c15-14(16)12-8-4-7-11(9-12)13(17)10-5-2-1-3-6-10/h1-9H,(H3,15,16). The van der Waals surface area contributed by atoms with E-state index in [0.717, 1.165) is 0 Å². The number of benzene rings is 2. The van der Waals surface area contributed by atoms with E-state index < -0.39 is 0 Å². The molecule has 0 unspecified atom stereocenters. The highest BCUT2D eigenvalue weighted by Crippen LogP contribution is 2.11. The van der Waals surface area contributed by atoms with E-state index in [1.54, 1.807) is 36.4 Å². The van der Waals surface area contributed by atoms with Crippen molar-refractivity contribution in [3.05, 3.63) is 71.3 Å². The highest BCUT2D eigenvalue weighted by Gasteiger charge is 2.09. The summed E-state index contributed by atoms with van der Waals surface area (Å²) in [4.78, 5) is 12.1. The zero-order valence-electron chi connectivity index (χ0n) is 9.18. The second-order valence-corrected chi connectivity index (χ2v) is 3.69. The number of carbonyl (C=O) groups excluding carboxylic acids is 1. The lowest BCUT2D eigenvalue weighted by Gasteiger charge is -2.03. The first-order chi connectivity index (χ1) is 8.18. The van der Waals surface area contributed by atoms with Crippen molar-refractivity contribution >= 4 is 11.6 Å². The van der Waals surface area contributed by atoms with Crippen LogP contribution in [0.1, 0.15) is 21.5 Å². The number of nitrogens with one attached hydrogen (secondary N) is 1. The molecular weight excluding hydrogens is 212 g/mol. The minimum atomic E-state index is -0.0614. The third-order valence-corrected chi connectivity index (χ3v) is 2.47. The Labute approximate surface area is 99.4 Å². The molecule has 0 spiro atoms. The molecule has 84 valence electrons. The summed E-state index contributed by atoms with van der Waals surface area (Å²) >= 11 is 0. The minimum absolute atomic E-state index is 0.0345. The monoisotopic (exact) mass is 224 g/mol. The van der Waals surface area contributed by atoms with Crippen LogP contribution in [0.5, 0.6) is 0 Å². The Morgan fingerprint density at radius 1 is 0.882 bits per heavy atom. The van der Waals surface area contributed by atoms with Gasteiger partial charge in [0, 0.05) is 16.7 Å². The van der Waals surface area contributed by atoms with Crippen molar-refractivity contribution in [3.63, 3.8) is 0 Å². The summed E-state index contributed by atoms with van der Waals surface area (Å²) in [6.45, 7) is 0. The number of amidine groups is 1. The molecule has 0 saturated heterocycles. The summed E-state index contributed by atoms with van der Waals surface area (Å²) < 4.78 is 0. The predicted octanol–water partition coefficient (Wildman–Crippen LogP) is 2.20. The van der Waals surface area contributed by atoms with Crippen molar-refractivity contribution in [2.24, 2.45) is 5.73 Å². The molecule has 0 amide bonds. The maximum atomic E-state index is 12.1. The van der Waals surface area contributed by atoms with Crippen LogP contribution in [0.3, 0.4) is 0 Å². The summed E-state index contributed by atoms with van der Waals surface area (Å²) in [5, 5.41) is 7.34. The van der Waals surface area contributed by atoms with Gasteiger partial charge in [0.2, 0.25) is 0 Å².